The van der Waals surface area contributed by atoms with Gasteiger partial charge in [0.2, 0.25) is 0 Å². The number of alkyl halides is 2. The van der Waals surface area contributed by atoms with Gasteiger partial charge in [0, 0.05) is 41.5 Å². The Labute approximate surface area is 136 Å². The maximum Gasteiger partial charge on any atom is 0.252 e. The summed E-state index contributed by atoms with van der Waals surface area (Å²) in [6.07, 6.45) is 3.22. The molecule has 23 heavy (non-hydrogen) atoms. The van der Waals surface area contributed by atoms with Crippen LogP contribution in [0.15, 0.2) is 24.0 Å². The first-order valence-corrected chi connectivity index (χ1v) is 8.35. The van der Waals surface area contributed by atoms with Crippen molar-refractivity contribution in [1.82, 2.24) is 10.2 Å². The summed E-state index contributed by atoms with van der Waals surface area (Å²) in [5.41, 5.74) is 2.48. The summed E-state index contributed by atoms with van der Waals surface area (Å²) < 4.78 is 28.4. The third kappa shape index (κ3) is 2.27. The van der Waals surface area contributed by atoms with Crippen LogP contribution >= 0.6 is 11.3 Å². The van der Waals surface area contributed by atoms with E-state index in [1.165, 1.54) is 11.3 Å². The Bertz CT molecular complexity index is 831. The first-order valence-electron chi connectivity index (χ1n) is 7.54. The largest absolute Gasteiger partial charge is 0.293 e. The molecule has 0 bridgehead atoms. The summed E-state index contributed by atoms with van der Waals surface area (Å²) in [6, 6.07) is 1.87. The number of hydrogen-bond donors (Lipinski definition) is 1. The highest BCUT2D eigenvalue weighted by atomic mass is 32.1. The zero-order valence-corrected chi connectivity index (χ0v) is 13.7. The van der Waals surface area contributed by atoms with Crippen LogP contribution in [0.3, 0.4) is 0 Å². The molecule has 0 aromatic carbocycles. The number of Topliss-reactive ketones (excluding diaryl/α,β-unsaturated/α-hetero) is 1. The minimum absolute atomic E-state index is 0.0387. The number of H-pyrrole nitrogens is 1. The lowest BCUT2D eigenvalue weighted by Crippen LogP contribution is -2.36. The smallest absolute Gasteiger partial charge is 0.252 e. The summed E-state index contributed by atoms with van der Waals surface area (Å²) in [6.45, 7) is 3.63. The van der Waals surface area contributed by atoms with E-state index >= 15 is 0 Å². The highest BCUT2D eigenvalue weighted by Crippen LogP contribution is 2.55. The molecule has 0 radical (unpaired) electrons. The average Bonchev–Trinajstić information content (AvgIpc) is 3.06. The molecule has 6 heteroatoms. The summed E-state index contributed by atoms with van der Waals surface area (Å²) >= 11 is 1.37. The van der Waals surface area contributed by atoms with Crippen LogP contribution in [0, 0.1) is 5.41 Å². The quantitative estimate of drug-likeness (QED) is 0.803. The molecular formula is C17H16F2N2OS. The van der Waals surface area contributed by atoms with E-state index in [1.54, 1.807) is 12.4 Å². The lowest BCUT2D eigenvalue weighted by atomic mass is 9.66. The first-order chi connectivity index (χ1) is 10.8. The minimum Gasteiger partial charge on any atom is -0.293 e. The molecule has 0 unspecified atom stereocenters. The van der Waals surface area contributed by atoms with Gasteiger partial charge in [-0.05, 0) is 17.1 Å². The van der Waals surface area contributed by atoms with Gasteiger partial charge in [-0.15, -0.1) is 11.3 Å². The third-order valence-corrected chi connectivity index (χ3v) is 5.97. The molecule has 0 atom stereocenters. The van der Waals surface area contributed by atoms with Crippen LogP contribution in [0.4, 0.5) is 8.78 Å². The molecule has 0 amide bonds. The van der Waals surface area contributed by atoms with E-state index in [2.05, 4.69) is 10.2 Å². The maximum absolute atomic E-state index is 14.2. The number of ketones is 1. The van der Waals surface area contributed by atoms with Gasteiger partial charge in [0.15, 0.2) is 5.78 Å². The van der Waals surface area contributed by atoms with Crippen LogP contribution in [-0.4, -0.2) is 21.9 Å². The molecule has 120 valence electrons. The van der Waals surface area contributed by atoms with Crippen molar-refractivity contribution in [2.45, 2.75) is 39.0 Å². The molecule has 1 N–H and O–H groups in total. The van der Waals surface area contributed by atoms with Crippen LogP contribution in [0.2, 0.25) is 0 Å². The molecule has 2 aromatic heterocycles. The second kappa shape index (κ2) is 4.60. The van der Waals surface area contributed by atoms with Gasteiger partial charge < -0.3 is 0 Å². The molecule has 2 aliphatic rings. The van der Waals surface area contributed by atoms with Crippen molar-refractivity contribution in [3.8, 4) is 10.4 Å². The third-order valence-electron chi connectivity index (χ3n) is 4.75. The number of fused-ring (bicyclic) bond motifs is 2. The molecule has 0 spiro atoms. The number of nitrogens with zero attached hydrogens (tertiary/aromatic N) is 1. The second-order valence-electron chi connectivity index (χ2n) is 6.99. The SMILES string of the molecule is CC1(C)CC(F)(F)CC2=C1CC(=O)c1sc(-c3cn[nH]c3)cc12. The molecule has 2 aromatic rings. The van der Waals surface area contributed by atoms with Crippen molar-refractivity contribution in [2.24, 2.45) is 5.41 Å². The van der Waals surface area contributed by atoms with Gasteiger partial charge in [-0.25, -0.2) is 8.78 Å². The molecule has 2 aliphatic carbocycles. The van der Waals surface area contributed by atoms with E-state index in [0.717, 1.165) is 16.0 Å². The van der Waals surface area contributed by atoms with E-state index in [4.69, 9.17) is 0 Å². The number of carbonyl (C=O) groups is 1. The summed E-state index contributed by atoms with van der Waals surface area (Å²) in [5.74, 6) is -2.69. The van der Waals surface area contributed by atoms with Gasteiger partial charge in [0.05, 0.1) is 11.1 Å². The molecule has 0 saturated carbocycles. The van der Waals surface area contributed by atoms with E-state index in [9.17, 15) is 13.6 Å². The topological polar surface area (TPSA) is 45.8 Å². The van der Waals surface area contributed by atoms with E-state index < -0.39 is 11.3 Å². The highest BCUT2D eigenvalue weighted by Gasteiger charge is 2.48. The van der Waals surface area contributed by atoms with Gasteiger partial charge in [0.1, 0.15) is 0 Å². The molecule has 3 nitrogen and oxygen atoms in total. The Kier molecular flexibility index (Phi) is 2.95. The van der Waals surface area contributed by atoms with E-state index in [1.807, 2.05) is 19.9 Å². The summed E-state index contributed by atoms with van der Waals surface area (Å²) in [7, 11) is 0. The van der Waals surface area contributed by atoms with Crippen molar-refractivity contribution >= 4 is 22.7 Å². The molecular weight excluding hydrogens is 318 g/mol. The zero-order valence-electron chi connectivity index (χ0n) is 12.9. The van der Waals surface area contributed by atoms with Gasteiger partial charge >= 0.3 is 0 Å². The molecule has 2 heterocycles. The Morgan fingerprint density at radius 1 is 1.35 bits per heavy atom. The molecule has 4 rings (SSSR count). The highest BCUT2D eigenvalue weighted by molar-refractivity contribution is 7.17. The van der Waals surface area contributed by atoms with Crippen molar-refractivity contribution in [2.75, 3.05) is 0 Å². The standard InChI is InChI=1S/C17H16F2N2OS/c1-16(2)8-17(18,19)5-11-10-3-14(9-6-20-21-7-9)23-15(10)13(22)4-12(11)16/h3,6-7H,4-5,8H2,1-2H3,(H,20,21). The van der Waals surface area contributed by atoms with Crippen LogP contribution in [0.1, 0.15) is 48.3 Å². The van der Waals surface area contributed by atoms with Crippen LogP contribution in [0.25, 0.3) is 16.0 Å². The van der Waals surface area contributed by atoms with Gasteiger partial charge in [-0.1, -0.05) is 19.4 Å². The predicted octanol–water partition coefficient (Wildman–Crippen LogP) is 4.93. The van der Waals surface area contributed by atoms with Crippen LogP contribution < -0.4 is 0 Å². The Morgan fingerprint density at radius 2 is 2.13 bits per heavy atom. The number of aromatic amines is 1. The number of hydrogen-bond acceptors (Lipinski definition) is 3. The lowest BCUT2D eigenvalue weighted by Gasteiger charge is -2.41. The van der Waals surface area contributed by atoms with Gasteiger partial charge in [-0.2, -0.15) is 5.10 Å². The van der Waals surface area contributed by atoms with Gasteiger partial charge in [0.25, 0.3) is 5.92 Å². The average molecular weight is 334 g/mol. The molecule has 0 aliphatic heterocycles. The Morgan fingerprint density at radius 3 is 2.83 bits per heavy atom. The molecule has 0 fully saturated rings. The van der Waals surface area contributed by atoms with Crippen molar-refractivity contribution in [3.63, 3.8) is 0 Å². The zero-order chi connectivity index (χ0) is 16.4. The molecule has 0 saturated heterocycles. The number of carbonyl (C=O) groups excluding carboxylic acids is 1. The fraction of sp³-hybridized carbons (Fsp3) is 0.412. The number of allylic oxidation sites excluding steroid dienone is 2. The number of aromatic nitrogens is 2. The maximum atomic E-state index is 14.2. The van der Waals surface area contributed by atoms with Crippen molar-refractivity contribution in [3.05, 3.63) is 34.5 Å². The van der Waals surface area contributed by atoms with E-state index in [0.29, 0.717) is 16.0 Å². The normalized spacial score (nSPS) is 22.0. The Hall–Kier alpha value is -1.82. The lowest BCUT2D eigenvalue weighted by molar-refractivity contribution is -0.0343. The van der Waals surface area contributed by atoms with Crippen LogP contribution in [-0.2, 0) is 0 Å². The van der Waals surface area contributed by atoms with Gasteiger partial charge in [-0.3, -0.25) is 9.89 Å². The monoisotopic (exact) mass is 334 g/mol. The second-order valence-corrected chi connectivity index (χ2v) is 8.04. The fourth-order valence-electron chi connectivity index (χ4n) is 3.78. The number of halogens is 2. The summed E-state index contributed by atoms with van der Waals surface area (Å²) in [4.78, 5) is 14.0. The number of rotatable bonds is 1. The summed E-state index contributed by atoms with van der Waals surface area (Å²) in [5, 5.41) is 6.66. The first kappa shape index (κ1) is 14.8. The van der Waals surface area contributed by atoms with E-state index in [-0.39, 0.29) is 25.0 Å². The Balaban J connectivity index is 1.91. The fourth-order valence-corrected chi connectivity index (χ4v) is 4.89. The van der Waals surface area contributed by atoms with Crippen molar-refractivity contribution in [1.29, 1.82) is 0 Å². The number of thiophene rings is 1. The minimum atomic E-state index is -2.72. The number of nitrogens with one attached hydrogen (secondary N) is 1. The van der Waals surface area contributed by atoms with Crippen molar-refractivity contribution < 1.29 is 13.6 Å². The van der Waals surface area contributed by atoms with Crippen LogP contribution in [0.5, 0.6) is 0 Å². The predicted molar refractivity (Wildman–Crippen MR) is 85.7 cm³/mol.